The standard InChI is InChI=1S/C16H14N2O/c17-15(19)16-12-7-3-1-5-10(12)9-14(18-16)11-6-2-4-8-13(11)16/h1-8,14,18H,9H2,(H2,17,19)/t14-,16+/m0/s1. The van der Waals surface area contributed by atoms with Crippen LogP contribution in [0.5, 0.6) is 0 Å². The molecule has 2 aromatic carbocycles. The number of primary amides is 1. The van der Waals surface area contributed by atoms with E-state index in [1.807, 2.05) is 36.4 Å². The molecule has 0 aliphatic carbocycles. The molecule has 2 heterocycles. The van der Waals surface area contributed by atoms with Crippen LogP contribution in [-0.4, -0.2) is 5.91 Å². The van der Waals surface area contributed by atoms with Gasteiger partial charge in [0.15, 0.2) is 0 Å². The molecule has 0 fully saturated rings. The second-order valence-electron chi connectivity index (χ2n) is 5.26. The predicted octanol–water partition coefficient (Wildman–Crippen LogP) is 1.62. The normalized spacial score (nSPS) is 26.6. The molecule has 0 aromatic heterocycles. The molecule has 2 atom stereocenters. The molecule has 0 unspecified atom stereocenters. The summed E-state index contributed by atoms with van der Waals surface area (Å²) in [5.41, 5.74) is 9.33. The maximum atomic E-state index is 12.2. The third-order valence-electron chi connectivity index (χ3n) is 4.35. The fourth-order valence-electron chi connectivity index (χ4n) is 3.56. The maximum Gasteiger partial charge on any atom is 0.247 e. The van der Waals surface area contributed by atoms with E-state index in [4.69, 9.17) is 5.73 Å². The Morgan fingerprint density at radius 3 is 2.58 bits per heavy atom. The molecular weight excluding hydrogens is 236 g/mol. The molecule has 0 radical (unpaired) electrons. The summed E-state index contributed by atoms with van der Waals surface area (Å²) >= 11 is 0. The van der Waals surface area contributed by atoms with E-state index in [2.05, 4.69) is 17.4 Å². The second-order valence-corrected chi connectivity index (χ2v) is 5.26. The molecule has 1 amide bonds. The Morgan fingerprint density at radius 2 is 1.79 bits per heavy atom. The first kappa shape index (κ1) is 10.8. The average molecular weight is 250 g/mol. The molecule has 0 saturated carbocycles. The van der Waals surface area contributed by atoms with Crippen molar-refractivity contribution >= 4 is 5.91 Å². The minimum atomic E-state index is -0.851. The molecule has 2 bridgehead atoms. The van der Waals surface area contributed by atoms with Crippen LogP contribution in [-0.2, 0) is 16.8 Å². The van der Waals surface area contributed by atoms with Crippen molar-refractivity contribution in [1.29, 1.82) is 0 Å². The number of fused-ring (bicyclic) bond motifs is 7. The molecule has 3 N–H and O–H groups in total. The van der Waals surface area contributed by atoms with Gasteiger partial charge in [-0.1, -0.05) is 48.5 Å². The van der Waals surface area contributed by atoms with Crippen LogP contribution in [0.3, 0.4) is 0 Å². The number of carbonyl (C=O) groups is 1. The fourth-order valence-corrected chi connectivity index (χ4v) is 3.56. The summed E-state index contributed by atoms with van der Waals surface area (Å²) in [4.78, 5) is 12.2. The van der Waals surface area contributed by atoms with Crippen molar-refractivity contribution in [2.75, 3.05) is 0 Å². The second kappa shape index (κ2) is 3.45. The Kier molecular flexibility index (Phi) is 1.96. The number of hydrogen-bond donors (Lipinski definition) is 2. The third kappa shape index (κ3) is 1.18. The number of hydrogen-bond acceptors (Lipinski definition) is 2. The van der Waals surface area contributed by atoms with Gasteiger partial charge in [0.1, 0.15) is 5.54 Å². The van der Waals surface area contributed by atoms with Gasteiger partial charge in [0, 0.05) is 6.04 Å². The molecule has 3 nitrogen and oxygen atoms in total. The van der Waals surface area contributed by atoms with Crippen LogP contribution in [0.2, 0.25) is 0 Å². The van der Waals surface area contributed by atoms with Gasteiger partial charge in [0.05, 0.1) is 0 Å². The SMILES string of the molecule is NC(=O)[C@@]12N[C@@H](Cc3ccccc31)c1ccccc12. The zero-order valence-corrected chi connectivity index (χ0v) is 10.4. The van der Waals surface area contributed by atoms with Crippen molar-refractivity contribution in [3.8, 4) is 0 Å². The van der Waals surface area contributed by atoms with Gasteiger partial charge in [-0.3, -0.25) is 10.1 Å². The minimum absolute atomic E-state index is 0.179. The van der Waals surface area contributed by atoms with E-state index in [1.54, 1.807) is 0 Å². The number of rotatable bonds is 1. The average Bonchev–Trinajstić information content (AvgIpc) is 2.71. The van der Waals surface area contributed by atoms with E-state index >= 15 is 0 Å². The Hall–Kier alpha value is -2.13. The predicted molar refractivity (Wildman–Crippen MR) is 72.4 cm³/mol. The van der Waals surface area contributed by atoms with Crippen LogP contribution in [0.15, 0.2) is 48.5 Å². The lowest BCUT2D eigenvalue weighted by atomic mass is 9.80. The fraction of sp³-hybridized carbons (Fsp3) is 0.188. The highest BCUT2D eigenvalue weighted by Gasteiger charge is 2.52. The summed E-state index contributed by atoms with van der Waals surface area (Å²) in [6.07, 6.45) is 0.905. The lowest BCUT2D eigenvalue weighted by Gasteiger charge is -2.34. The Balaban J connectivity index is 2.10. The Labute approximate surface area is 111 Å². The van der Waals surface area contributed by atoms with E-state index < -0.39 is 5.54 Å². The van der Waals surface area contributed by atoms with Gasteiger partial charge in [-0.15, -0.1) is 0 Å². The molecule has 94 valence electrons. The third-order valence-corrected chi connectivity index (χ3v) is 4.35. The lowest BCUT2D eigenvalue weighted by molar-refractivity contribution is -0.123. The van der Waals surface area contributed by atoms with Crippen molar-refractivity contribution in [1.82, 2.24) is 5.32 Å². The quantitative estimate of drug-likeness (QED) is 0.808. The molecule has 2 aliphatic rings. The molecule has 0 spiro atoms. The van der Waals surface area contributed by atoms with Crippen molar-refractivity contribution in [3.05, 3.63) is 70.8 Å². The van der Waals surface area contributed by atoms with E-state index in [0.717, 1.165) is 17.5 Å². The number of amides is 1. The van der Waals surface area contributed by atoms with Gasteiger partial charge in [-0.2, -0.15) is 0 Å². The molecular formula is C16H14N2O. The van der Waals surface area contributed by atoms with Gasteiger partial charge in [-0.25, -0.2) is 0 Å². The molecule has 3 heteroatoms. The van der Waals surface area contributed by atoms with E-state index in [-0.39, 0.29) is 11.9 Å². The highest BCUT2D eigenvalue weighted by Crippen LogP contribution is 2.48. The Bertz CT molecular complexity index is 682. The van der Waals surface area contributed by atoms with E-state index in [1.165, 1.54) is 11.1 Å². The summed E-state index contributed by atoms with van der Waals surface area (Å²) in [5, 5.41) is 3.45. The summed E-state index contributed by atoms with van der Waals surface area (Å²) in [6, 6.07) is 16.3. The zero-order chi connectivity index (χ0) is 13.0. The van der Waals surface area contributed by atoms with Crippen LogP contribution >= 0.6 is 0 Å². The largest absolute Gasteiger partial charge is 0.367 e. The summed E-state index contributed by atoms with van der Waals surface area (Å²) in [7, 11) is 0. The summed E-state index contributed by atoms with van der Waals surface area (Å²) in [6.45, 7) is 0. The van der Waals surface area contributed by atoms with Crippen molar-refractivity contribution in [2.45, 2.75) is 18.0 Å². The number of benzene rings is 2. The van der Waals surface area contributed by atoms with E-state index in [9.17, 15) is 4.79 Å². The number of carbonyl (C=O) groups excluding carboxylic acids is 1. The van der Waals surface area contributed by atoms with Crippen LogP contribution in [0.1, 0.15) is 28.3 Å². The topological polar surface area (TPSA) is 55.1 Å². The van der Waals surface area contributed by atoms with Gasteiger partial charge in [0.25, 0.3) is 0 Å². The first-order chi connectivity index (χ1) is 9.23. The highest BCUT2D eigenvalue weighted by molar-refractivity contribution is 5.93. The first-order valence-electron chi connectivity index (χ1n) is 6.49. The van der Waals surface area contributed by atoms with Gasteiger partial charge < -0.3 is 5.73 Å². The van der Waals surface area contributed by atoms with Crippen molar-refractivity contribution in [2.24, 2.45) is 5.73 Å². The lowest BCUT2D eigenvalue weighted by Crippen LogP contribution is -2.53. The molecule has 2 aromatic rings. The molecule has 2 aliphatic heterocycles. The van der Waals surface area contributed by atoms with Crippen molar-refractivity contribution in [3.63, 3.8) is 0 Å². The molecule has 19 heavy (non-hydrogen) atoms. The van der Waals surface area contributed by atoms with Gasteiger partial charge in [0.2, 0.25) is 5.91 Å². The number of nitrogens with two attached hydrogens (primary N) is 1. The monoisotopic (exact) mass is 250 g/mol. The van der Waals surface area contributed by atoms with Gasteiger partial charge in [-0.05, 0) is 28.7 Å². The smallest absolute Gasteiger partial charge is 0.247 e. The summed E-state index contributed by atoms with van der Waals surface area (Å²) < 4.78 is 0. The van der Waals surface area contributed by atoms with Crippen LogP contribution in [0.4, 0.5) is 0 Å². The minimum Gasteiger partial charge on any atom is -0.367 e. The van der Waals surface area contributed by atoms with Crippen LogP contribution in [0.25, 0.3) is 0 Å². The highest BCUT2D eigenvalue weighted by atomic mass is 16.1. The molecule has 0 saturated heterocycles. The van der Waals surface area contributed by atoms with Gasteiger partial charge >= 0.3 is 0 Å². The zero-order valence-electron chi connectivity index (χ0n) is 10.4. The van der Waals surface area contributed by atoms with Crippen LogP contribution < -0.4 is 11.1 Å². The molecule has 4 rings (SSSR count). The maximum absolute atomic E-state index is 12.2. The Morgan fingerprint density at radius 1 is 1.11 bits per heavy atom. The number of nitrogens with one attached hydrogen (secondary N) is 1. The first-order valence-corrected chi connectivity index (χ1v) is 6.49. The van der Waals surface area contributed by atoms with E-state index in [0.29, 0.717) is 0 Å². The summed E-state index contributed by atoms with van der Waals surface area (Å²) in [5.74, 6) is -0.324. The van der Waals surface area contributed by atoms with Crippen molar-refractivity contribution < 1.29 is 4.79 Å². The van der Waals surface area contributed by atoms with Crippen LogP contribution in [0, 0.1) is 0 Å².